The highest BCUT2D eigenvalue weighted by Crippen LogP contribution is 2.42. The Morgan fingerprint density at radius 1 is 1.22 bits per heavy atom. The third kappa shape index (κ3) is 4.11. The van der Waals surface area contributed by atoms with Crippen molar-refractivity contribution in [3.05, 3.63) is 77.4 Å². The van der Waals surface area contributed by atoms with E-state index in [1.807, 2.05) is 43.3 Å². The van der Waals surface area contributed by atoms with Gasteiger partial charge in [0.15, 0.2) is 5.11 Å². The number of nitrogens with zero attached hydrogens (tertiary/aromatic N) is 3. The Hall–Kier alpha value is -3.23. The minimum Gasteiger partial charge on any atom is -0.375 e. The third-order valence-electron chi connectivity index (χ3n) is 5.85. The van der Waals surface area contributed by atoms with Crippen molar-refractivity contribution in [1.82, 2.24) is 14.9 Å². The third-order valence-corrected chi connectivity index (χ3v) is 6.17. The molecule has 1 saturated heterocycles. The number of anilines is 2. The first-order valence-electron chi connectivity index (χ1n) is 10.4. The number of ether oxygens (including phenoxy) is 1. The first-order chi connectivity index (χ1) is 15.4. The van der Waals surface area contributed by atoms with Gasteiger partial charge in [-0.1, -0.05) is 6.07 Å². The quantitative estimate of drug-likeness (QED) is 0.558. The van der Waals surface area contributed by atoms with Gasteiger partial charge in [0.1, 0.15) is 12.6 Å². The molecule has 3 aromatic rings. The second-order valence-electron chi connectivity index (χ2n) is 7.94. The molecule has 8 heteroatoms. The molecule has 2 aromatic heterocycles. The summed E-state index contributed by atoms with van der Waals surface area (Å²) in [5.74, 6) is -0.186. The molecule has 4 rings (SSSR count). The summed E-state index contributed by atoms with van der Waals surface area (Å²) in [6.45, 7) is 4.07. The van der Waals surface area contributed by atoms with E-state index in [4.69, 9.17) is 17.0 Å². The number of pyridine rings is 1. The van der Waals surface area contributed by atoms with Gasteiger partial charge >= 0.3 is 0 Å². The second kappa shape index (κ2) is 9.10. The predicted molar refractivity (Wildman–Crippen MR) is 130 cm³/mol. The van der Waals surface area contributed by atoms with E-state index < -0.39 is 0 Å². The highest BCUT2D eigenvalue weighted by atomic mass is 32.1. The fourth-order valence-electron chi connectivity index (χ4n) is 4.12. The average molecular weight is 450 g/mol. The molecule has 7 nitrogen and oxygen atoms in total. The van der Waals surface area contributed by atoms with Crippen molar-refractivity contribution in [2.75, 3.05) is 23.9 Å². The van der Waals surface area contributed by atoms with E-state index in [0.717, 1.165) is 28.3 Å². The van der Waals surface area contributed by atoms with E-state index in [0.29, 0.717) is 5.11 Å². The molecule has 0 aliphatic carbocycles. The molecule has 2 atom stereocenters. The van der Waals surface area contributed by atoms with Crippen LogP contribution in [0.4, 0.5) is 11.4 Å². The van der Waals surface area contributed by atoms with Crippen LogP contribution in [0.3, 0.4) is 0 Å². The van der Waals surface area contributed by atoms with Crippen LogP contribution in [0.15, 0.2) is 54.7 Å². The Morgan fingerprint density at radius 2 is 2.03 bits per heavy atom. The van der Waals surface area contributed by atoms with Crippen LogP contribution in [0.25, 0.3) is 0 Å². The Morgan fingerprint density at radius 3 is 2.66 bits per heavy atom. The zero-order valence-electron chi connectivity index (χ0n) is 18.6. The number of benzene rings is 1. The van der Waals surface area contributed by atoms with Crippen molar-refractivity contribution in [3.8, 4) is 0 Å². The van der Waals surface area contributed by atoms with Crippen molar-refractivity contribution < 1.29 is 9.53 Å². The molecule has 32 heavy (non-hydrogen) atoms. The Bertz CT molecular complexity index is 1140. The highest BCUT2D eigenvalue weighted by molar-refractivity contribution is 7.80. The summed E-state index contributed by atoms with van der Waals surface area (Å²) >= 11 is 5.80. The smallest absolute Gasteiger partial charge is 0.250 e. The summed E-state index contributed by atoms with van der Waals surface area (Å²) in [5.41, 5.74) is 5.89. The van der Waals surface area contributed by atoms with Gasteiger partial charge in [0.25, 0.3) is 0 Å². The predicted octanol–water partition coefficient (Wildman–Crippen LogP) is 3.80. The number of carbonyl (C=O) groups is 1. The number of nitrogens with one attached hydrogen (secondary N) is 2. The number of rotatable bonds is 6. The van der Waals surface area contributed by atoms with Crippen LogP contribution in [0.1, 0.15) is 34.7 Å². The zero-order valence-corrected chi connectivity index (χ0v) is 19.4. The lowest BCUT2D eigenvalue weighted by atomic mass is 10.0. The van der Waals surface area contributed by atoms with E-state index in [1.54, 1.807) is 6.20 Å². The molecule has 2 unspecified atom stereocenters. The molecule has 0 saturated carbocycles. The van der Waals surface area contributed by atoms with E-state index in [9.17, 15) is 4.79 Å². The lowest BCUT2D eigenvalue weighted by Gasteiger charge is -2.29. The van der Waals surface area contributed by atoms with E-state index in [-0.39, 0.29) is 24.6 Å². The molecular formula is C24H27N5O2S. The maximum absolute atomic E-state index is 11.9. The van der Waals surface area contributed by atoms with E-state index in [1.165, 1.54) is 12.8 Å². The van der Waals surface area contributed by atoms with Crippen LogP contribution >= 0.6 is 12.2 Å². The Labute approximate surface area is 193 Å². The molecule has 1 aliphatic rings. The first kappa shape index (κ1) is 22.0. The monoisotopic (exact) mass is 449 g/mol. The lowest BCUT2D eigenvalue weighted by Crippen LogP contribution is -2.30. The van der Waals surface area contributed by atoms with Crippen molar-refractivity contribution >= 4 is 34.6 Å². The van der Waals surface area contributed by atoms with Gasteiger partial charge in [0.05, 0.1) is 11.7 Å². The molecule has 0 bridgehead atoms. The van der Waals surface area contributed by atoms with Crippen molar-refractivity contribution in [3.63, 3.8) is 0 Å². The zero-order chi connectivity index (χ0) is 22.8. The first-order valence-corrected chi connectivity index (χ1v) is 10.8. The van der Waals surface area contributed by atoms with Crippen molar-refractivity contribution in [2.24, 2.45) is 7.05 Å². The van der Waals surface area contributed by atoms with Gasteiger partial charge in [-0.25, -0.2) is 0 Å². The number of hydrogen-bond donors (Lipinski definition) is 2. The second-order valence-corrected chi connectivity index (χ2v) is 8.32. The summed E-state index contributed by atoms with van der Waals surface area (Å²) in [4.78, 5) is 18.7. The van der Waals surface area contributed by atoms with Crippen LogP contribution < -0.4 is 15.5 Å². The van der Waals surface area contributed by atoms with E-state index >= 15 is 0 Å². The number of aryl methyl sites for hydroxylation is 2. The number of carbonyl (C=O) groups excluding carboxylic acids is 1. The Kier molecular flexibility index (Phi) is 6.25. The molecule has 166 valence electrons. The van der Waals surface area contributed by atoms with Crippen LogP contribution in [-0.2, 0) is 16.6 Å². The van der Waals surface area contributed by atoms with Crippen LogP contribution in [0.5, 0.6) is 0 Å². The number of amides is 1. The summed E-state index contributed by atoms with van der Waals surface area (Å²) in [7, 11) is 3.57. The lowest BCUT2D eigenvalue weighted by molar-refractivity contribution is -0.119. The van der Waals surface area contributed by atoms with Gasteiger partial charge in [-0.3, -0.25) is 9.78 Å². The van der Waals surface area contributed by atoms with Crippen LogP contribution in [0.2, 0.25) is 0 Å². The molecule has 1 amide bonds. The summed E-state index contributed by atoms with van der Waals surface area (Å²) in [5, 5.41) is 7.01. The molecule has 1 aromatic carbocycles. The fourth-order valence-corrected chi connectivity index (χ4v) is 4.46. The maximum Gasteiger partial charge on any atom is 0.250 e. The molecule has 3 heterocycles. The van der Waals surface area contributed by atoms with Crippen LogP contribution in [-0.4, -0.2) is 34.3 Å². The highest BCUT2D eigenvalue weighted by Gasteiger charge is 2.42. The Balaban J connectivity index is 1.74. The molecule has 2 N–H and O–H groups in total. The van der Waals surface area contributed by atoms with E-state index in [2.05, 4.69) is 51.2 Å². The van der Waals surface area contributed by atoms with Gasteiger partial charge in [0.2, 0.25) is 5.91 Å². The average Bonchev–Trinajstić information content (AvgIpc) is 3.29. The molecular weight excluding hydrogens is 422 g/mol. The summed E-state index contributed by atoms with van der Waals surface area (Å²) in [6.07, 6.45) is 1.80. The largest absolute Gasteiger partial charge is 0.375 e. The summed E-state index contributed by atoms with van der Waals surface area (Å²) in [6, 6.07) is 15.9. The minimum absolute atomic E-state index is 0.0159. The molecule has 1 aliphatic heterocycles. The standard InChI is InChI=1S/C24H27N5O2S/c1-15-13-17(9-10-18(15)26-21(30)14-31-4)29-23(20-11-8-16(2)28(20)3)22(27-24(29)32)19-7-5-6-12-25-19/h5-13,22-23H,14H2,1-4H3,(H,26,30)(H,27,32). The summed E-state index contributed by atoms with van der Waals surface area (Å²) < 4.78 is 7.10. The SMILES string of the molecule is COCC(=O)Nc1ccc(N2C(=S)NC(c3ccccn3)C2c2ccc(C)n2C)cc1C. The maximum atomic E-state index is 11.9. The molecule has 0 radical (unpaired) electrons. The molecule has 1 fully saturated rings. The number of thiocarbonyl (C=S) groups is 1. The number of hydrogen-bond acceptors (Lipinski definition) is 4. The van der Waals surface area contributed by atoms with Crippen LogP contribution in [0, 0.1) is 13.8 Å². The van der Waals surface area contributed by atoms with Gasteiger partial charge in [-0.15, -0.1) is 0 Å². The topological polar surface area (TPSA) is 71.4 Å². The molecule has 0 spiro atoms. The van der Waals surface area contributed by atoms with Gasteiger partial charge < -0.3 is 24.8 Å². The van der Waals surface area contributed by atoms with Gasteiger partial charge in [-0.2, -0.15) is 0 Å². The number of aromatic nitrogens is 2. The van der Waals surface area contributed by atoms with Crippen molar-refractivity contribution in [1.29, 1.82) is 0 Å². The number of methoxy groups -OCH3 is 1. The minimum atomic E-state index is -0.186. The van der Waals surface area contributed by atoms with Gasteiger partial charge in [0, 0.05) is 43.1 Å². The van der Waals surface area contributed by atoms with Gasteiger partial charge in [-0.05, 0) is 74.1 Å². The van der Waals surface area contributed by atoms with Crippen molar-refractivity contribution in [2.45, 2.75) is 25.9 Å². The normalized spacial score (nSPS) is 18.0. The fraction of sp³-hybridized carbons (Fsp3) is 0.292.